The van der Waals surface area contributed by atoms with E-state index in [0.717, 1.165) is 31.8 Å². The minimum Gasteiger partial charge on any atom is -0.481 e. The highest BCUT2D eigenvalue weighted by molar-refractivity contribution is 8.01. The number of carbonyl (C=O) groups excluding carboxylic acids is 1. The Morgan fingerprint density at radius 1 is 1.32 bits per heavy atom. The molecule has 1 aliphatic heterocycles. The zero-order chi connectivity index (χ0) is 18.7. The molecule has 25 heavy (non-hydrogen) atoms. The molecule has 0 saturated carbocycles. The molecule has 140 valence electrons. The number of hydrogen-bond donors (Lipinski definition) is 2. The van der Waals surface area contributed by atoms with E-state index in [4.69, 9.17) is 9.26 Å². The number of carboxylic acids is 1. The molecule has 1 aromatic heterocycles. The van der Waals surface area contributed by atoms with Crippen LogP contribution in [0.25, 0.3) is 0 Å². The van der Waals surface area contributed by atoms with Crippen LogP contribution in [0.2, 0.25) is 0 Å². The topological polar surface area (TPSA) is 102 Å². The third-order valence-electron chi connectivity index (χ3n) is 4.49. The van der Waals surface area contributed by atoms with Crippen molar-refractivity contribution in [1.82, 2.24) is 5.16 Å². The lowest BCUT2D eigenvalue weighted by atomic mass is 9.90. The molecular weight excluding hydrogens is 344 g/mol. The lowest BCUT2D eigenvalue weighted by molar-refractivity contribution is -0.142. The molecule has 0 aromatic carbocycles. The van der Waals surface area contributed by atoms with Crippen molar-refractivity contribution in [3.63, 3.8) is 0 Å². The van der Waals surface area contributed by atoms with Crippen molar-refractivity contribution in [2.75, 3.05) is 24.3 Å². The van der Waals surface area contributed by atoms with Gasteiger partial charge in [-0.1, -0.05) is 5.16 Å². The maximum absolute atomic E-state index is 12.5. The summed E-state index contributed by atoms with van der Waals surface area (Å²) in [6.07, 6.45) is 2.06. The quantitative estimate of drug-likeness (QED) is 0.761. The van der Waals surface area contributed by atoms with Gasteiger partial charge >= 0.3 is 5.97 Å². The highest BCUT2D eigenvalue weighted by Gasteiger charge is 2.35. The fourth-order valence-electron chi connectivity index (χ4n) is 2.31. The van der Waals surface area contributed by atoms with E-state index in [0.29, 0.717) is 5.92 Å². The molecule has 1 aromatic rings. The number of rotatable bonds is 7. The molecule has 8 heteroatoms. The Bertz CT molecular complexity index is 620. The summed E-state index contributed by atoms with van der Waals surface area (Å²) in [6.45, 7) is 8.38. The van der Waals surface area contributed by atoms with Gasteiger partial charge in [0, 0.05) is 19.3 Å². The fraction of sp³-hybridized carbons (Fsp3) is 0.706. The van der Waals surface area contributed by atoms with Gasteiger partial charge in [0.2, 0.25) is 11.8 Å². The van der Waals surface area contributed by atoms with Gasteiger partial charge in [-0.05, 0) is 52.2 Å². The standard InChI is InChI=1S/C17H26N2O5S/c1-16(2,15(21)22)12-9-13(24-19-12)18-14(20)17(3,4)25-10-11-5-7-23-8-6-11/h9,11H,5-8,10H2,1-4H3,(H,18,20)(H,21,22). The number of amides is 1. The number of aliphatic carboxylic acids is 1. The molecule has 1 saturated heterocycles. The van der Waals surface area contributed by atoms with Crippen molar-refractivity contribution in [2.45, 2.75) is 50.7 Å². The van der Waals surface area contributed by atoms with Crippen LogP contribution in [0.4, 0.5) is 5.88 Å². The number of carbonyl (C=O) groups is 2. The number of carboxylic acid groups (broad SMARTS) is 1. The molecule has 1 aliphatic rings. The van der Waals surface area contributed by atoms with Gasteiger partial charge in [0.25, 0.3) is 0 Å². The second-order valence-corrected chi connectivity index (χ2v) is 8.98. The second kappa shape index (κ2) is 7.78. The molecule has 0 aliphatic carbocycles. The largest absolute Gasteiger partial charge is 0.481 e. The molecule has 0 bridgehead atoms. The van der Waals surface area contributed by atoms with Gasteiger partial charge in [0.05, 0.1) is 4.75 Å². The Morgan fingerprint density at radius 3 is 2.56 bits per heavy atom. The Morgan fingerprint density at radius 2 is 1.96 bits per heavy atom. The average molecular weight is 370 g/mol. The van der Waals surface area contributed by atoms with E-state index < -0.39 is 16.1 Å². The molecular formula is C17H26N2O5S. The van der Waals surface area contributed by atoms with Gasteiger partial charge in [0.1, 0.15) is 11.1 Å². The Kier molecular flexibility index (Phi) is 6.16. The monoisotopic (exact) mass is 370 g/mol. The zero-order valence-electron chi connectivity index (χ0n) is 15.1. The summed E-state index contributed by atoms with van der Waals surface area (Å²) in [5.41, 5.74) is -0.914. The van der Waals surface area contributed by atoms with E-state index in [1.54, 1.807) is 11.8 Å². The van der Waals surface area contributed by atoms with Crippen LogP contribution in [-0.4, -0.2) is 45.9 Å². The van der Waals surface area contributed by atoms with E-state index in [2.05, 4.69) is 10.5 Å². The maximum Gasteiger partial charge on any atom is 0.315 e. The summed E-state index contributed by atoms with van der Waals surface area (Å²) in [7, 11) is 0. The first-order chi connectivity index (χ1) is 11.6. The van der Waals surface area contributed by atoms with E-state index in [-0.39, 0.29) is 17.5 Å². The Balaban J connectivity index is 1.93. The first kappa shape index (κ1) is 19.8. The van der Waals surface area contributed by atoms with E-state index in [1.165, 1.54) is 19.9 Å². The predicted octanol–water partition coefficient (Wildman–Crippen LogP) is 2.91. The minimum atomic E-state index is -1.18. The summed E-state index contributed by atoms with van der Waals surface area (Å²) in [5.74, 6) is 0.428. The van der Waals surface area contributed by atoms with Crippen molar-refractivity contribution in [1.29, 1.82) is 0 Å². The smallest absolute Gasteiger partial charge is 0.315 e. The van der Waals surface area contributed by atoms with Gasteiger partial charge in [-0.25, -0.2) is 0 Å². The van der Waals surface area contributed by atoms with Gasteiger partial charge in [-0.2, -0.15) is 0 Å². The molecule has 0 unspecified atom stereocenters. The van der Waals surface area contributed by atoms with Crippen molar-refractivity contribution in [3.05, 3.63) is 11.8 Å². The minimum absolute atomic E-state index is 0.161. The van der Waals surface area contributed by atoms with Crippen LogP contribution in [0.15, 0.2) is 10.6 Å². The highest BCUT2D eigenvalue weighted by Crippen LogP contribution is 2.31. The lowest BCUT2D eigenvalue weighted by Crippen LogP contribution is -2.35. The number of anilines is 1. The summed E-state index contributed by atoms with van der Waals surface area (Å²) in [5, 5.41) is 15.7. The first-order valence-corrected chi connectivity index (χ1v) is 9.35. The number of nitrogens with zero attached hydrogens (tertiary/aromatic N) is 1. The van der Waals surface area contributed by atoms with Crippen molar-refractivity contribution in [2.24, 2.45) is 5.92 Å². The number of aromatic nitrogens is 1. The molecule has 1 fully saturated rings. The SMILES string of the molecule is CC(C)(SCC1CCOCC1)C(=O)Nc1cc(C(C)(C)C(=O)O)no1. The molecule has 0 atom stereocenters. The van der Waals surface area contributed by atoms with Crippen molar-refractivity contribution in [3.8, 4) is 0 Å². The van der Waals surface area contributed by atoms with E-state index in [1.807, 2.05) is 13.8 Å². The summed E-state index contributed by atoms with van der Waals surface area (Å²) in [4.78, 5) is 23.8. The van der Waals surface area contributed by atoms with Crippen LogP contribution < -0.4 is 5.32 Å². The van der Waals surface area contributed by atoms with E-state index >= 15 is 0 Å². The van der Waals surface area contributed by atoms with Gasteiger partial charge in [-0.3, -0.25) is 14.9 Å². The lowest BCUT2D eigenvalue weighted by Gasteiger charge is -2.27. The van der Waals surface area contributed by atoms with Crippen LogP contribution >= 0.6 is 11.8 Å². The molecule has 2 heterocycles. The first-order valence-electron chi connectivity index (χ1n) is 8.36. The van der Waals surface area contributed by atoms with Crippen LogP contribution in [-0.2, 0) is 19.7 Å². The molecule has 2 rings (SSSR count). The van der Waals surface area contributed by atoms with Gasteiger partial charge in [0.15, 0.2) is 0 Å². The van der Waals surface area contributed by atoms with Gasteiger partial charge < -0.3 is 14.4 Å². The predicted molar refractivity (Wildman–Crippen MR) is 95.9 cm³/mol. The van der Waals surface area contributed by atoms with Crippen molar-refractivity contribution < 1.29 is 24.0 Å². The Hall–Kier alpha value is -1.54. The number of nitrogens with one attached hydrogen (secondary N) is 1. The van der Waals surface area contributed by atoms with Crippen LogP contribution in [0.5, 0.6) is 0 Å². The molecule has 0 spiro atoms. The Labute approximate surface area is 151 Å². The van der Waals surface area contributed by atoms with Gasteiger partial charge in [-0.15, -0.1) is 11.8 Å². The fourth-order valence-corrected chi connectivity index (χ4v) is 3.47. The molecule has 0 radical (unpaired) electrons. The third-order valence-corrected chi connectivity index (χ3v) is 6.03. The van der Waals surface area contributed by atoms with E-state index in [9.17, 15) is 14.7 Å². The number of thioether (sulfide) groups is 1. The average Bonchev–Trinajstić information content (AvgIpc) is 3.03. The zero-order valence-corrected chi connectivity index (χ0v) is 15.9. The summed E-state index contributed by atoms with van der Waals surface area (Å²) in [6, 6.07) is 1.46. The van der Waals surface area contributed by atoms with Crippen molar-refractivity contribution >= 4 is 29.5 Å². The third kappa shape index (κ3) is 4.98. The second-order valence-electron chi connectivity index (χ2n) is 7.34. The molecule has 7 nitrogen and oxygen atoms in total. The maximum atomic E-state index is 12.5. The van der Waals surface area contributed by atoms with Crippen LogP contribution in [0, 0.1) is 5.92 Å². The number of ether oxygens (including phenoxy) is 1. The van der Waals surface area contributed by atoms with Crippen LogP contribution in [0.3, 0.4) is 0 Å². The molecule has 2 N–H and O–H groups in total. The number of hydrogen-bond acceptors (Lipinski definition) is 6. The summed E-state index contributed by atoms with van der Waals surface area (Å²) >= 11 is 1.61. The highest BCUT2D eigenvalue weighted by atomic mass is 32.2. The molecule has 1 amide bonds. The normalized spacial score (nSPS) is 16.6. The summed E-state index contributed by atoms with van der Waals surface area (Å²) < 4.78 is 9.81. The van der Waals surface area contributed by atoms with Crippen LogP contribution in [0.1, 0.15) is 46.2 Å².